The van der Waals surface area contributed by atoms with Crippen molar-refractivity contribution in [1.82, 2.24) is 15.5 Å². The van der Waals surface area contributed by atoms with Crippen LogP contribution in [0.1, 0.15) is 32.1 Å². The molecule has 3 rings (SSSR count). The van der Waals surface area contributed by atoms with E-state index < -0.39 is 0 Å². The summed E-state index contributed by atoms with van der Waals surface area (Å²) in [5, 5.41) is 16.0. The van der Waals surface area contributed by atoms with Crippen molar-refractivity contribution in [2.45, 2.75) is 43.7 Å². The van der Waals surface area contributed by atoms with Gasteiger partial charge in [-0.15, -0.1) is 10.2 Å². The fourth-order valence-corrected chi connectivity index (χ4v) is 3.20. The molecule has 4 nitrogen and oxygen atoms in total. The van der Waals surface area contributed by atoms with Gasteiger partial charge < -0.3 is 10.6 Å². The summed E-state index contributed by atoms with van der Waals surface area (Å²) in [6, 6.07) is 0.583. The molecule has 5 heteroatoms. The van der Waals surface area contributed by atoms with Crippen LogP contribution in [0.5, 0.6) is 0 Å². The van der Waals surface area contributed by atoms with Gasteiger partial charge in [0.15, 0.2) is 0 Å². The fraction of sp³-hybridized carbons (Fsp3) is 0.800. The molecule has 2 heterocycles. The molecule has 1 atom stereocenters. The van der Waals surface area contributed by atoms with E-state index in [-0.39, 0.29) is 0 Å². The lowest BCUT2D eigenvalue weighted by atomic mass is 9.70. The molecule has 1 aliphatic carbocycles. The summed E-state index contributed by atoms with van der Waals surface area (Å²) in [5.74, 6) is 0. The van der Waals surface area contributed by atoms with E-state index in [1.807, 2.05) is 0 Å². The second kappa shape index (κ2) is 3.72. The first-order valence-electron chi connectivity index (χ1n) is 5.64. The summed E-state index contributed by atoms with van der Waals surface area (Å²) in [7, 11) is 0. The Morgan fingerprint density at radius 2 is 2.47 bits per heavy atom. The molecule has 2 N–H and O–H groups in total. The Morgan fingerprint density at radius 1 is 1.53 bits per heavy atom. The van der Waals surface area contributed by atoms with Gasteiger partial charge >= 0.3 is 0 Å². The smallest absolute Gasteiger partial charge is 0.205 e. The average molecular weight is 224 g/mol. The van der Waals surface area contributed by atoms with Gasteiger partial charge in [-0.3, -0.25) is 0 Å². The summed E-state index contributed by atoms with van der Waals surface area (Å²) in [6.45, 7) is 1.14. The monoisotopic (exact) mass is 224 g/mol. The summed E-state index contributed by atoms with van der Waals surface area (Å²) in [5.41, 5.74) is 2.24. The van der Waals surface area contributed by atoms with Crippen molar-refractivity contribution in [2.75, 3.05) is 11.9 Å². The summed E-state index contributed by atoms with van der Waals surface area (Å²) in [6.07, 6.45) is 6.52. The highest BCUT2D eigenvalue weighted by Crippen LogP contribution is 2.38. The molecule has 2 aliphatic rings. The first-order chi connectivity index (χ1) is 7.36. The van der Waals surface area contributed by atoms with E-state index in [9.17, 15) is 0 Å². The maximum Gasteiger partial charge on any atom is 0.205 e. The zero-order valence-corrected chi connectivity index (χ0v) is 9.52. The zero-order chi connectivity index (χ0) is 10.1. The van der Waals surface area contributed by atoms with Crippen molar-refractivity contribution in [1.29, 1.82) is 0 Å². The van der Waals surface area contributed by atoms with Crippen LogP contribution in [0.3, 0.4) is 0 Å². The third-order valence-electron chi connectivity index (χ3n) is 3.63. The molecular weight excluding hydrogens is 208 g/mol. The predicted octanol–water partition coefficient (Wildman–Crippen LogP) is 1.62. The fourth-order valence-electron chi connectivity index (χ4n) is 2.68. The van der Waals surface area contributed by atoms with E-state index in [2.05, 4.69) is 20.8 Å². The molecule has 1 aromatic rings. The Morgan fingerprint density at radius 3 is 3.13 bits per heavy atom. The molecule has 0 amide bonds. The number of hydrogen-bond acceptors (Lipinski definition) is 5. The SMILES string of the molecule is c1nnc(NC2CCNC3(CCC3)C2)s1. The van der Waals surface area contributed by atoms with Gasteiger partial charge in [0.25, 0.3) is 0 Å². The molecule has 1 unspecified atom stereocenters. The van der Waals surface area contributed by atoms with Gasteiger partial charge in [-0.2, -0.15) is 0 Å². The normalized spacial score (nSPS) is 28.7. The third kappa shape index (κ3) is 1.86. The van der Waals surface area contributed by atoms with Crippen molar-refractivity contribution in [2.24, 2.45) is 0 Å². The van der Waals surface area contributed by atoms with Crippen LogP contribution < -0.4 is 10.6 Å². The van der Waals surface area contributed by atoms with Crippen molar-refractivity contribution in [3.05, 3.63) is 5.51 Å². The first kappa shape index (κ1) is 9.54. The number of piperidine rings is 1. The second-order valence-corrected chi connectivity index (χ2v) is 5.47. The van der Waals surface area contributed by atoms with E-state index in [0.29, 0.717) is 11.6 Å². The van der Waals surface area contributed by atoms with Crippen LogP contribution in [-0.4, -0.2) is 28.3 Å². The Bertz CT molecular complexity index is 320. The van der Waals surface area contributed by atoms with Crippen LogP contribution in [0.2, 0.25) is 0 Å². The molecule has 0 radical (unpaired) electrons. The summed E-state index contributed by atoms with van der Waals surface area (Å²) >= 11 is 1.59. The maximum atomic E-state index is 4.04. The van der Waals surface area contributed by atoms with Crippen LogP contribution in [0.15, 0.2) is 5.51 Å². The average Bonchev–Trinajstić information content (AvgIpc) is 2.69. The topological polar surface area (TPSA) is 49.8 Å². The molecule has 1 saturated carbocycles. The number of nitrogens with zero attached hydrogens (tertiary/aromatic N) is 2. The first-order valence-corrected chi connectivity index (χ1v) is 6.52. The van der Waals surface area contributed by atoms with Crippen LogP contribution >= 0.6 is 11.3 Å². The number of anilines is 1. The molecule has 0 bridgehead atoms. The summed E-state index contributed by atoms with van der Waals surface area (Å²) in [4.78, 5) is 0. The minimum Gasteiger partial charge on any atom is -0.357 e. The molecule has 15 heavy (non-hydrogen) atoms. The van der Waals surface area contributed by atoms with E-state index in [1.54, 1.807) is 16.8 Å². The number of rotatable bonds is 2. The quantitative estimate of drug-likeness (QED) is 0.801. The molecule has 1 spiro atoms. The van der Waals surface area contributed by atoms with E-state index >= 15 is 0 Å². The lowest BCUT2D eigenvalue weighted by molar-refractivity contribution is 0.135. The Labute approximate surface area is 93.5 Å². The van der Waals surface area contributed by atoms with Gasteiger partial charge in [0.2, 0.25) is 5.13 Å². The predicted molar refractivity (Wildman–Crippen MR) is 61.1 cm³/mol. The number of nitrogens with one attached hydrogen (secondary N) is 2. The molecule has 1 aliphatic heterocycles. The maximum absolute atomic E-state index is 4.04. The highest BCUT2D eigenvalue weighted by Gasteiger charge is 2.40. The van der Waals surface area contributed by atoms with Crippen LogP contribution in [-0.2, 0) is 0 Å². The van der Waals surface area contributed by atoms with Gasteiger partial charge in [-0.05, 0) is 38.6 Å². The molecule has 1 aromatic heterocycles. The minimum absolute atomic E-state index is 0.459. The van der Waals surface area contributed by atoms with E-state index in [4.69, 9.17) is 0 Å². The highest BCUT2D eigenvalue weighted by atomic mass is 32.1. The Hall–Kier alpha value is -0.680. The van der Waals surface area contributed by atoms with Crippen molar-refractivity contribution in [3.63, 3.8) is 0 Å². The summed E-state index contributed by atoms with van der Waals surface area (Å²) < 4.78 is 0. The Balaban J connectivity index is 1.62. The number of hydrogen-bond donors (Lipinski definition) is 2. The second-order valence-electron chi connectivity index (χ2n) is 4.64. The van der Waals surface area contributed by atoms with Gasteiger partial charge in [0.05, 0.1) is 0 Å². The zero-order valence-electron chi connectivity index (χ0n) is 8.70. The van der Waals surface area contributed by atoms with Gasteiger partial charge in [0, 0.05) is 11.6 Å². The van der Waals surface area contributed by atoms with Crippen LogP contribution in [0.25, 0.3) is 0 Å². The molecule has 1 saturated heterocycles. The molecule has 0 aromatic carbocycles. The standard InChI is InChI=1S/C10H16N4S/c1-3-10(4-1)6-8(2-5-11-10)13-9-14-12-7-15-9/h7-8,11H,1-6H2,(H,13,14). The van der Waals surface area contributed by atoms with Crippen LogP contribution in [0.4, 0.5) is 5.13 Å². The van der Waals surface area contributed by atoms with Crippen molar-refractivity contribution < 1.29 is 0 Å². The largest absolute Gasteiger partial charge is 0.357 e. The Kier molecular flexibility index (Phi) is 2.36. The lowest BCUT2D eigenvalue weighted by Gasteiger charge is -2.48. The van der Waals surface area contributed by atoms with Gasteiger partial charge in [-0.25, -0.2) is 0 Å². The molecule has 82 valence electrons. The van der Waals surface area contributed by atoms with Crippen molar-refractivity contribution in [3.8, 4) is 0 Å². The molecule has 2 fully saturated rings. The van der Waals surface area contributed by atoms with Gasteiger partial charge in [-0.1, -0.05) is 11.3 Å². The highest BCUT2D eigenvalue weighted by molar-refractivity contribution is 7.13. The lowest BCUT2D eigenvalue weighted by Crippen LogP contribution is -2.58. The van der Waals surface area contributed by atoms with Gasteiger partial charge in [0.1, 0.15) is 5.51 Å². The minimum atomic E-state index is 0.459. The van der Waals surface area contributed by atoms with Crippen LogP contribution in [0, 0.1) is 0 Å². The van der Waals surface area contributed by atoms with Crippen molar-refractivity contribution >= 4 is 16.5 Å². The van der Waals surface area contributed by atoms with E-state index in [1.165, 1.54) is 32.1 Å². The molecular formula is C10H16N4S. The van der Waals surface area contributed by atoms with E-state index in [0.717, 1.165) is 11.7 Å². The number of aromatic nitrogens is 2. The third-order valence-corrected chi connectivity index (χ3v) is 4.25.